The zero-order chi connectivity index (χ0) is 15.6. The lowest BCUT2D eigenvalue weighted by atomic mass is 9.95. The van der Waals surface area contributed by atoms with Gasteiger partial charge in [0.25, 0.3) is 0 Å². The van der Waals surface area contributed by atoms with E-state index in [4.69, 9.17) is 5.73 Å². The van der Waals surface area contributed by atoms with E-state index in [0.29, 0.717) is 23.9 Å². The molecule has 2 saturated carbocycles. The molecule has 122 valence electrons. The maximum atomic E-state index is 12.0. The second kappa shape index (κ2) is 6.66. The van der Waals surface area contributed by atoms with Gasteiger partial charge < -0.3 is 11.1 Å². The van der Waals surface area contributed by atoms with Crippen LogP contribution in [0.3, 0.4) is 0 Å². The van der Waals surface area contributed by atoms with Crippen LogP contribution in [-0.4, -0.2) is 41.5 Å². The first-order valence-corrected chi connectivity index (χ1v) is 8.64. The van der Waals surface area contributed by atoms with E-state index in [0.717, 1.165) is 32.4 Å². The van der Waals surface area contributed by atoms with Crippen LogP contribution in [-0.2, 0) is 4.79 Å². The summed E-state index contributed by atoms with van der Waals surface area (Å²) in [4.78, 5) is 14.6. The molecule has 4 nitrogen and oxygen atoms in total. The fourth-order valence-electron chi connectivity index (χ4n) is 3.69. The maximum absolute atomic E-state index is 12.0. The fraction of sp³-hybridized carbons (Fsp3) is 0.941. The van der Waals surface area contributed by atoms with E-state index in [1.165, 1.54) is 12.8 Å². The maximum Gasteiger partial charge on any atom is 0.237 e. The third kappa shape index (κ3) is 4.43. The van der Waals surface area contributed by atoms with Crippen LogP contribution in [0, 0.1) is 11.8 Å². The van der Waals surface area contributed by atoms with Gasteiger partial charge in [0.1, 0.15) is 0 Å². The number of nitrogens with one attached hydrogen (secondary N) is 1. The smallest absolute Gasteiger partial charge is 0.237 e. The molecule has 2 rings (SSSR count). The van der Waals surface area contributed by atoms with Crippen LogP contribution in [0.2, 0.25) is 0 Å². The normalized spacial score (nSPS) is 29.8. The van der Waals surface area contributed by atoms with Crippen molar-refractivity contribution in [2.45, 2.75) is 77.4 Å². The molecule has 1 amide bonds. The minimum absolute atomic E-state index is 0.147. The lowest BCUT2D eigenvalue weighted by Crippen LogP contribution is -2.55. The summed E-state index contributed by atoms with van der Waals surface area (Å²) in [7, 11) is 0. The third-order valence-electron chi connectivity index (χ3n) is 4.73. The summed E-state index contributed by atoms with van der Waals surface area (Å²) in [5, 5.41) is 3.56. The van der Waals surface area contributed by atoms with Crippen molar-refractivity contribution in [3.63, 3.8) is 0 Å². The SMILES string of the molecule is CC(C)CN(CC(C)C)C1CCC(NC2CC2)(C(N)=O)C1. The summed E-state index contributed by atoms with van der Waals surface area (Å²) in [6.45, 7) is 11.3. The molecule has 2 fully saturated rings. The van der Waals surface area contributed by atoms with Gasteiger partial charge in [-0.25, -0.2) is 0 Å². The fourth-order valence-corrected chi connectivity index (χ4v) is 3.69. The van der Waals surface area contributed by atoms with E-state index < -0.39 is 5.54 Å². The predicted octanol–water partition coefficient (Wildman–Crippen LogP) is 2.13. The van der Waals surface area contributed by atoms with Crippen molar-refractivity contribution in [3.05, 3.63) is 0 Å². The quantitative estimate of drug-likeness (QED) is 0.721. The van der Waals surface area contributed by atoms with Gasteiger partial charge in [0.15, 0.2) is 0 Å². The van der Waals surface area contributed by atoms with Crippen molar-refractivity contribution in [1.29, 1.82) is 0 Å². The summed E-state index contributed by atoms with van der Waals surface area (Å²) < 4.78 is 0. The first kappa shape index (κ1) is 16.8. The zero-order valence-electron chi connectivity index (χ0n) is 14.2. The number of hydrogen-bond acceptors (Lipinski definition) is 3. The number of amides is 1. The van der Waals surface area contributed by atoms with Crippen LogP contribution in [0.15, 0.2) is 0 Å². The Morgan fingerprint density at radius 1 is 1.19 bits per heavy atom. The van der Waals surface area contributed by atoms with Crippen molar-refractivity contribution in [2.75, 3.05) is 13.1 Å². The minimum atomic E-state index is -0.446. The van der Waals surface area contributed by atoms with Gasteiger partial charge in [-0.2, -0.15) is 0 Å². The lowest BCUT2D eigenvalue weighted by molar-refractivity contribution is -0.124. The van der Waals surface area contributed by atoms with Crippen LogP contribution in [0.1, 0.15) is 59.8 Å². The van der Waals surface area contributed by atoms with E-state index in [2.05, 4.69) is 37.9 Å². The Bertz CT molecular complexity index is 355. The van der Waals surface area contributed by atoms with E-state index >= 15 is 0 Å². The number of nitrogens with zero attached hydrogens (tertiary/aromatic N) is 1. The Kier molecular flexibility index (Phi) is 5.31. The molecule has 4 heteroatoms. The molecule has 0 heterocycles. The molecule has 2 atom stereocenters. The summed E-state index contributed by atoms with van der Waals surface area (Å²) in [5.74, 6) is 1.17. The summed E-state index contributed by atoms with van der Waals surface area (Å²) in [6.07, 6.45) is 5.26. The first-order valence-electron chi connectivity index (χ1n) is 8.64. The average molecular weight is 295 g/mol. The molecule has 2 unspecified atom stereocenters. The standard InChI is InChI=1S/C17H33N3O/c1-12(2)10-20(11-13(3)4)15-7-8-17(9-15,16(18)21)19-14-5-6-14/h12-15,19H,5-11H2,1-4H3,(H2,18,21). The Labute approximate surface area is 129 Å². The summed E-state index contributed by atoms with van der Waals surface area (Å²) >= 11 is 0. The summed E-state index contributed by atoms with van der Waals surface area (Å²) in [6, 6.07) is 1.02. The van der Waals surface area contributed by atoms with Crippen LogP contribution >= 0.6 is 0 Å². The highest BCUT2D eigenvalue weighted by atomic mass is 16.1. The topological polar surface area (TPSA) is 58.4 Å². The van der Waals surface area contributed by atoms with Gasteiger partial charge in [0, 0.05) is 25.2 Å². The van der Waals surface area contributed by atoms with Crippen molar-refractivity contribution in [3.8, 4) is 0 Å². The van der Waals surface area contributed by atoms with Crippen molar-refractivity contribution < 1.29 is 4.79 Å². The second-order valence-electron chi connectivity index (χ2n) is 8.00. The highest BCUT2D eigenvalue weighted by Gasteiger charge is 2.48. The van der Waals surface area contributed by atoms with E-state index in [1.807, 2.05) is 0 Å². The first-order chi connectivity index (χ1) is 9.82. The molecule has 0 saturated heterocycles. The Balaban J connectivity index is 2.03. The molecule has 0 aromatic heterocycles. The van der Waals surface area contributed by atoms with Gasteiger partial charge in [0.2, 0.25) is 5.91 Å². The molecule has 2 aliphatic rings. The number of hydrogen-bond donors (Lipinski definition) is 2. The van der Waals surface area contributed by atoms with Gasteiger partial charge >= 0.3 is 0 Å². The molecule has 0 aliphatic heterocycles. The lowest BCUT2D eigenvalue weighted by Gasteiger charge is -2.34. The molecule has 3 N–H and O–H groups in total. The van der Waals surface area contributed by atoms with Crippen LogP contribution in [0.4, 0.5) is 0 Å². The number of primary amides is 1. The monoisotopic (exact) mass is 295 g/mol. The molecule has 0 radical (unpaired) electrons. The zero-order valence-corrected chi connectivity index (χ0v) is 14.2. The summed E-state index contributed by atoms with van der Waals surface area (Å²) in [5.41, 5.74) is 5.31. The molecule has 0 spiro atoms. The second-order valence-corrected chi connectivity index (χ2v) is 8.00. The number of rotatable bonds is 8. The highest BCUT2D eigenvalue weighted by Crippen LogP contribution is 2.36. The van der Waals surface area contributed by atoms with Crippen molar-refractivity contribution in [1.82, 2.24) is 10.2 Å². The molecular weight excluding hydrogens is 262 g/mol. The molecule has 2 aliphatic carbocycles. The Morgan fingerprint density at radius 2 is 1.76 bits per heavy atom. The predicted molar refractivity (Wildman–Crippen MR) is 87.0 cm³/mol. The molecule has 0 aromatic carbocycles. The van der Waals surface area contributed by atoms with Gasteiger partial charge in [-0.15, -0.1) is 0 Å². The van der Waals surface area contributed by atoms with E-state index in [9.17, 15) is 4.79 Å². The van der Waals surface area contributed by atoms with E-state index in [-0.39, 0.29) is 5.91 Å². The Hall–Kier alpha value is -0.610. The van der Waals surface area contributed by atoms with Crippen molar-refractivity contribution >= 4 is 5.91 Å². The average Bonchev–Trinajstić information content (AvgIpc) is 3.04. The Morgan fingerprint density at radius 3 is 2.19 bits per heavy atom. The third-order valence-corrected chi connectivity index (χ3v) is 4.73. The number of carbonyl (C=O) groups excluding carboxylic acids is 1. The van der Waals surface area contributed by atoms with Crippen LogP contribution in [0.5, 0.6) is 0 Å². The van der Waals surface area contributed by atoms with E-state index in [1.54, 1.807) is 0 Å². The van der Waals surface area contributed by atoms with Crippen LogP contribution in [0.25, 0.3) is 0 Å². The van der Waals surface area contributed by atoms with Crippen molar-refractivity contribution in [2.24, 2.45) is 17.6 Å². The van der Waals surface area contributed by atoms with Gasteiger partial charge in [-0.1, -0.05) is 27.7 Å². The number of carbonyl (C=O) groups is 1. The minimum Gasteiger partial charge on any atom is -0.368 e. The largest absolute Gasteiger partial charge is 0.368 e. The molecule has 0 bridgehead atoms. The molecular formula is C17H33N3O. The van der Waals surface area contributed by atoms with Crippen LogP contribution < -0.4 is 11.1 Å². The highest BCUT2D eigenvalue weighted by molar-refractivity contribution is 5.85. The van der Waals surface area contributed by atoms with Gasteiger partial charge in [-0.3, -0.25) is 9.69 Å². The molecule has 21 heavy (non-hydrogen) atoms. The van der Waals surface area contributed by atoms with Gasteiger partial charge in [-0.05, 0) is 43.9 Å². The number of nitrogens with two attached hydrogens (primary N) is 1. The van der Waals surface area contributed by atoms with Gasteiger partial charge in [0.05, 0.1) is 5.54 Å². The molecule has 0 aromatic rings.